The van der Waals surface area contributed by atoms with Gasteiger partial charge in [-0.1, -0.05) is 182 Å². The minimum atomic E-state index is -0.503. The Morgan fingerprint density at radius 3 is 0.773 bits per heavy atom. The molecule has 4 atom stereocenters. The molecule has 6 aromatic rings. The fraction of sp³-hybridized carbons (Fsp3) is 0.143. The van der Waals surface area contributed by atoms with E-state index in [2.05, 4.69) is 182 Å². The van der Waals surface area contributed by atoms with Crippen molar-refractivity contribution < 1.29 is 0 Å². The molecule has 0 aromatic heterocycles. The predicted octanol–water partition coefficient (Wildman–Crippen LogP) is 9.07. The highest BCUT2D eigenvalue weighted by molar-refractivity contribution is 7.73. The summed E-state index contributed by atoms with van der Waals surface area (Å²) in [5.41, 5.74) is 2.98. The lowest BCUT2D eigenvalue weighted by Crippen LogP contribution is -2.48. The molecule has 1 aliphatic carbocycles. The SMILES string of the molecule is c1ccc([C@@H]2[C@H](CP(c3ccccc3)c3ccccc3)[C@@H](CP(c3ccccc3)c3ccccc3)[C@H]2c2ccccc2)cc1. The third kappa shape index (κ3) is 6.21. The Hall–Kier alpha value is -3.82. The summed E-state index contributed by atoms with van der Waals surface area (Å²) < 4.78 is 0. The van der Waals surface area contributed by atoms with E-state index < -0.39 is 15.8 Å². The molecule has 0 amide bonds. The predicted molar refractivity (Wildman–Crippen MR) is 193 cm³/mol. The molecule has 7 rings (SSSR count). The molecule has 216 valence electrons. The van der Waals surface area contributed by atoms with Crippen molar-refractivity contribution in [1.29, 1.82) is 0 Å². The van der Waals surface area contributed by atoms with E-state index >= 15 is 0 Å². The first-order chi connectivity index (χ1) is 21.9. The smallest absolute Gasteiger partial charge is 0.00553 e. The minimum Gasteiger partial charge on any atom is -0.0622 e. The van der Waals surface area contributed by atoms with Crippen LogP contribution in [0.25, 0.3) is 0 Å². The van der Waals surface area contributed by atoms with Crippen LogP contribution in [0.4, 0.5) is 0 Å². The topological polar surface area (TPSA) is 0 Å². The van der Waals surface area contributed by atoms with E-state index in [4.69, 9.17) is 0 Å². The van der Waals surface area contributed by atoms with Crippen LogP contribution in [0.15, 0.2) is 182 Å². The summed E-state index contributed by atoms with van der Waals surface area (Å²) in [5.74, 6) is 2.13. The molecule has 0 aliphatic heterocycles. The molecule has 0 bridgehead atoms. The van der Waals surface area contributed by atoms with Crippen LogP contribution in [-0.4, -0.2) is 12.3 Å². The average molecular weight is 605 g/mol. The highest BCUT2D eigenvalue weighted by atomic mass is 31.1. The normalized spacial score (nSPS) is 19.5. The van der Waals surface area contributed by atoms with Gasteiger partial charge in [-0.2, -0.15) is 0 Å². The summed E-state index contributed by atoms with van der Waals surface area (Å²) in [6.07, 6.45) is 2.40. The monoisotopic (exact) mass is 604 g/mol. The molecule has 0 N–H and O–H groups in total. The van der Waals surface area contributed by atoms with Gasteiger partial charge in [-0.15, -0.1) is 0 Å². The molecule has 1 aliphatic rings. The summed E-state index contributed by atoms with van der Waals surface area (Å²) in [6, 6.07) is 68.1. The van der Waals surface area contributed by atoms with Gasteiger partial charge in [0.2, 0.25) is 0 Å². The largest absolute Gasteiger partial charge is 0.0622 e. The lowest BCUT2D eigenvalue weighted by atomic mass is 9.53. The van der Waals surface area contributed by atoms with Gasteiger partial charge < -0.3 is 0 Å². The van der Waals surface area contributed by atoms with Crippen LogP contribution in [0.2, 0.25) is 0 Å². The fourth-order valence-electron chi connectivity index (χ4n) is 7.25. The lowest BCUT2D eigenvalue weighted by molar-refractivity contribution is 0.130. The number of hydrogen-bond donors (Lipinski definition) is 0. The van der Waals surface area contributed by atoms with E-state index in [0.29, 0.717) is 23.7 Å². The molecule has 0 nitrogen and oxygen atoms in total. The summed E-state index contributed by atoms with van der Waals surface area (Å²) in [5, 5.41) is 5.93. The first kappa shape index (κ1) is 28.9. The quantitative estimate of drug-likeness (QED) is 0.137. The summed E-state index contributed by atoms with van der Waals surface area (Å²) in [4.78, 5) is 0. The molecule has 0 heterocycles. The maximum Gasteiger partial charge on any atom is -0.00553 e. The zero-order valence-electron chi connectivity index (χ0n) is 24.9. The van der Waals surface area contributed by atoms with E-state index in [0.717, 1.165) is 0 Å². The second kappa shape index (κ2) is 13.9. The average Bonchev–Trinajstić information content (AvgIpc) is 3.10. The van der Waals surface area contributed by atoms with Gasteiger partial charge in [0.15, 0.2) is 0 Å². The Kier molecular flexibility index (Phi) is 9.11. The Bertz CT molecular complexity index is 1500. The third-order valence-electron chi connectivity index (χ3n) is 9.29. The van der Waals surface area contributed by atoms with E-state index in [1.54, 1.807) is 0 Å². The van der Waals surface area contributed by atoms with Gasteiger partial charge in [-0.3, -0.25) is 0 Å². The molecule has 6 aromatic carbocycles. The van der Waals surface area contributed by atoms with Crippen molar-refractivity contribution in [2.75, 3.05) is 12.3 Å². The Labute approximate surface area is 265 Å². The molecular formula is C42H38P2. The van der Waals surface area contributed by atoms with Gasteiger partial charge in [0.05, 0.1) is 0 Å². The van der Waals surface area contributed by atoms with Gasteiger partial charge in [0, 0.05) is 0 Å². The van der Waals surface area contributed by atoms with Gasteiger partial charge >= 0.3 is 0 Å². The van der Waals surface area contributed by atoms with Crippen molar-refractivity contribution in [2.24, 2.45) is 11.8 Å². The highest BCUT2D eigenvalue weighted by Crippen LogP contribution is 2.63. The van der Waals surface area contributed by atoms with Crippen LogP contribution in [0.3, 0.4) is 0 Å². The van der Waals surface area contributed by atoms with Crippen LogP contribution >= 0.6 is 15.8 Å². The standard InChI is InChI=1S/C42H38P2/c1-7-19-33(20-8-1)41-39(31-43(35-23-11-3-12-24-35)36-25-13-4-14-26-36)40(42(41)34-21-9-2-10-22-34)32-44(37-27-15-5-16-28-37)38-29-17-6-18-30-38/h1-30,39-42H,31-32H2/t39-,40-,41-,42-/m1/s1. The molecule has 0 spiro atoms. The number of hydrogen-bond acceptors (Lipinski definition) is 0. The zero-order valence-corrected chi connectivity index (χ0v) is 26.7. The second-order valence-corrected chi connectivity index (χ2v) is 16.3. The first-order valence-corrected chi connectivity index (χ1v) is 18.8. The van der Waals surface area contributed by atoms with Crippen molar-refractivity contribution >= 4 is 37.1 Å². The van der Waals surface area contributed by atoms with Crippen molar-refractivity contribution in [3.63, 3.8) is 0 Å². The summed E-state index contributed by atoms with van der Waals surface area (Å²) >= 11 is 0. The number of rotatable bonds is 10. The van der Waals surface area contributed by atoms with E-state index in [9.17, 15) is 0 Å². The van der Waals surface area contributed by atoms with Gasteiger partial charge in [-0.05, 0) is 84.2 Å². The van der Waals surface area contributed by atoms with Crippen LogP contribution in [-0.2, 0) is 0 Å². The van der Waals surface area contributed by atoms with E-state index in [1.807, 2.05) is 0 Å². The zero-order chi connectivity index (χ0) is 29.6. The Morgan fingerprint density at radius 2 is 0.523 bits per heavy atom. The molecule has 44 heavy (non-hydrogen) atoms. The van der Waals surface area contributed by atoms with E-state index in [-0.39, 0.29) is 0 Å². The van der Waals surface area contributed by atoms with Gasteiger partial charge in [-0.25, -0.2) is 0 Å². The van der Waals surface area contributed by atoms with Crippen LogP contribution in [0, 0.1) is 11.8 Å². The van der Waals surface area contributed by atoms with E-state index in [1.165, 1.54) is 44.7 Å². The number of benzene rings is 6. The third-order valence-corrected chi connectivity index (χ3v) is 14.5. The highest BCUT2D eigenvalue weighted by Gasteiger charge is 2.52. The van der Waals surface area contributed by atoms with Crippen molar-refractivity contribution in [1.82, 2.24) is 0 Å². The van der Waals surface area contributed by atoms with Crippen molar-refractivity contribution in [3.8, 4) is 0 Å². The first-order valence-electron chi connectivity index (χ1n) is 15.7. The van der Waals surface area contributed by atoms with Crippen molar-refractivity contribution in [2.45, 2.75) is 11.8 Å². The van der Waals surface area contributed by atoms with Gasteiger partial charge in [0.25, 0.3) is 0 Å². The molecule has 1 fully saturated rings. The fourth-order valence-corrected chi connectivity index (χ4v) is 12.7. The molecular weight excluding hydrogens is 566 g/mol. The molecule has 1 saturated carbocycles. The Morgan fingerprint density at radius 1 is 0.295 bits per heavy atom. The van der Waals surface area contributed by atoms with Crippen molar-refractivity contribution in [3.05, 3.63) is 193 Å². The minimum absolute atomic E-state index is 0.490. The molecule has 0 saturated heterocycles. The molecule has 2 heteroatoms. The molecule has 0 unspecified atom stereocenters. The van der Waals surface area contributed by atoms with Crippen LogP contribution < -0.4 is 21.2 Å². The maximum absolute atomic E-state index is 2.38. The lowest BCUT2D eigenvalue weighted by Gasteiger charge is -2.55. The van der Waals surface area contributed by atoms with Gasteiger partial charge in [0.1, 0.15) is 0 Å². The maximum atomic E-state index is 2.38. The second-order valence-electron chi connectivity index (χ2n) is 11.8. The Balaban J connectivity index is 1.34. The molecule has 0 radical (unpaired) electrons. The van der Waals surface area contributed by atoms with Crippen LogP contribution in [0.5, 0.6) is 0 Å². The summed E-state index contributed by atoms with van der Waals surface area (Å²) in [6.45, 7) is 0. The summed E-state index contributed by atoms with van der Waals surface area (Å²) in [7, 11) is -1.01. The van der Waals surface area contributed by atoms with Crippen LogP contribution in [0.1, 0.15) is 23.0 Å².